The zero-order valence-corrected chi connectivity index (χ0v) is 12.1. The zero-order valence-electron chi connectivity index (χ0n) is 9.01. The van der Waals surface area contributed by atoms with Crippen molar-refractivity contribution in [2.45, 2.75) is 4.90 Å². The smallest absolute Gasteiger partial charge is 0.0672 e. The van der Waals surface area contributed by atoms with Crippen LogP contribution in [0.2, 0.25) is 15.1 Å². The van der Waals surface area contributed by atoms with Crippen molar-refractivity contribution in [1.82, 2.24) is 0 Å². The fourth-order valence-corrected chi connectivity index (χ4v) is 2.94. The van der Waals surface area contributed by atoms with Crippen LogP contribution in [-0.2, 0) is 0 Å². The van der Waals surface area contributed by atoms with E-state index in [2.05, 4.69) is 0 Å². The van der Waals surface area contributed by atoms with Crippen LogP contribution >= 0.6 is 46.6 Å². The van der Waals surface area contributed by atoms with Crippen LogP contribution in [0.15, 0.2) is 41.3 Å². The van der Waals surface area contributed by atoms with Gasteiger partial charge in [-0.1, -0.05) is 53.0 Å². The number of halogens is 3. The Hall–Kier alpha value is -0.340. The second kappa shape index (κ2) is 5.53. The normalized spacial score (nSPS) is 10.6. The standard InChI is InChI=1S/C13H9Cl3S/c1-17-12-5-3-2-4-9(12)10-6-8(14)7-11(15)13(10)16/h2-7H,1H3. The van der Waals surface area contributed by atoms with Crippen molar-refractivity contribution in [2.75, 3.05) is 6.26 Å². The topological polar surface area (TPSA) is 0 Å². The summed E-state index contributed by atoms with van der Waals surface area (Å²) in [6.45, 7) is 0. The van der Waals surface area contributed by atoms with Crippen LogP contribution in [0, 0.1) is 0 Å². The van der Waals surface area contributed by atoms with Crippen molar-refractivity contribution < 1.29 is 0 Å². The average Bonchev–Trinajstić information content (AvgIpc) is 2.33. The first-order valence-corrected chi connectivity index (χ1v) is 7.27. The molecule has 0 N–H and O–H groups in total. The van der Waals surface area contributed by atoms with Crippen molar-refractivity contribution in [2.24, 2.45) is 0 Å². The molecule has 0 aliphatic heterocycles. The molecule has 0 aliphatic carbocycles. The fourth-order valence-electron chi connectivity index (χ4n) is 1.62. The molecule has 0 heterocycles. The van der Waals surface area contributed by atoms with E-state index in [4.69, 9.17) is 34.8 Å². The highest BCUT2D eigenvalue weighted by Gasteiger charge is 2.11. The van der Waals surface area contributed by atoms with Crippen LogP contribution in [0.4, 0.5) is 0 Å². The number of benzene rings is 2. The molecule has 0 amide bonds. The summed E-state index contributed by atoms with van der Waals surface area (Å²) in [7, 11) is 0. The third-order valence-electron chi connectivity index (χ3n) is 2.39. The van der Waals surface area contributed by atoms with E-state index in [9.17, 15) is 0 Å². The highest BCUT2D eigenvalue weighted by molar-refractivity contribution is 7.98. The molecule has 2 aromatic carbocycles. The summed E-state index contributed by atoms with van der Waals surface area (Å²) in [5, 5.41) is 1.60. The fraction of sp³-hybridized carbons (Fsp3) is 0.0769. The lowest BCUT2D eigenvalue weighted by atomic mass is 10.1. The van der Waals surface area contributed by atoms with Crippen molar-refractivity contribution in [3.8, 4) is 11.1 Å². The minimum Gasteiger partial charge on any atom is -0.129 e. The molecule has 0 aliphatic rings. The van der Waals surface area contributed by atoms with Crippen LogP contribution in [-0.4, -0.2) is 6.26 Å². The quantitative estimate of drug-likeness (QED) is 0.482. The molecule has 0 nitrogen and oxygen atoms in total. The molecule has 0 unspecified atom stereocenters. The molecule has 88 valence electrons. The van der Waals surface area contributed by atoms with Crippen LogP contribution in [0.25, 0.3) is 11.1 Å². The van der Waals surface area contributed by atoms with Crippen molar-refractivity contribution in [1.29, 1.82) is 0 Å². The molecule has 0 aromatic heterocycles. The molecular weight excluding hydrogens is 295 g/mol. The maximum absolute atomic E-state index is 6.23. The highest BCUT2D eigenvalue weighted by atomic mass is 35.5. The third-order valence-corrected chi connectivity index (χ3v) is 4.21. The number of rotatable bonds is 2. The average molecular weight is 304 g/mol. The van der Waals surface area contributed by atoms with E-state index >= 15 is 0 Å². The Morgan fingerprint density at radius 1 is 0.941 bits per heavy atom. The summed E-state index contributed by atoms with van der Waals surface area (Å²) in [5.41, 5.74) is 1.92. The summed E-state index contributed by atoms with van der Waals surface area (Å²) in [6.07, 6.45) is 2.03. The Labute approximate surface area is 120 Å². The van der Waals surface area contributed by atoms with Crippen LogP contribution in [0.1, 0.15) is 0 Å². The Balaban J connectivity index is 2.68. The van der Waals surface area contributed by atoms with Gasteiger partial charge in [-0.3, -0.25) is 0 Å². The molecule has 0 saturated heterocycles. The van der Waals surface area contributed by atoms with Crippen molar-refractivity contribution >= 4 is 46.6 Å². The first-order valence-electron chi connectivity index (χ1n) is 4.91. The van der Waals surface area contributed by atoms with E-state index in [1.807, 2.05) is 36.6 Å². The SMILES string of the molecule is CSc1ccccc1-c1cc(Cl)cc(Cl)c1Cl. The van der Waals surface area contributed by atoms with Gasteiger partial charge in [0.1, 0.15) is 0 Å². The van der Waals surface area contributed by atoms with Crippen molar-refractivity contribution in [3.63, 3.8) is 0 Å². The van der Waals surface area contributed by atoms with Crippen LogP contribution in [0.5, 0.6) is 0 Å². The molecule has 0 spiro atoms. The minimum atomic E-state index is 0.477. The van der Waals surface area contributed by atoms with Gasteiger partial charge in [0, 0.05) is 15.5 Å². The van der Waals surface area contributed by atoms with Gasteiger partial charge < -0.3 is 0 Å². The highest BCUT2D eigenvalue weighted by Crippen LogP contribution is 2.39. The van der Waals surface area contributed by atoms with Gasteiger partial charge in [0.2, 0.25) is 0 Å². The van der Waals surface area contributed by atoms with Gasteiger partial charge in [-0.15, -0.1) is 11.8 Å². The second-order valence-electron chi connectivity index (χ2n) is 3.45. The Bertz CT molecular complexity index is 552. The third kappa shape index (κ3) is 2.74. The van der Waals surface area contributed by atoms with Crippen molar-refractivity contribution in [3.05, 3.63) is 51.5 Å². The lowest BCUT2D eigenvalue weighted by Gasteiger charge is -2.10. The maximum atomic E-state index is 6.23. The van der Waals surface area contributed by atoms with Crippen LogP contribution in [0.3, 0.4) is 0 Å². The summed E-state index contributed by atoms with van der Waals surface area (Å²) < 4.78 is 0. The van der Waals surface area contributed by atoms with Gasteiger partial charge in [0.05, 0.1) is 10.0 Å². The van der Waals surface area contributed by atoms with Gasteiger partial charge >= 0.3 is 0 Å². The van der Waals surface area contributed by atoms with E-state index in [1.54, 1.807) is 17.8 Å². The lowest BCUT2D eigenvalue weighted by Crippen LogP contribution is -1.84. The second-order valence-corrected chi connectivity index (χ2v) is 5.52. The summed E-state index contributed by atoms with van der Waals surface area (Å²) in [5.74, 6) is 0. The molecule has 0 radical (unpaired) electrons. The van der Waals surface area contributed by atoms with Gasteiger partial charge in [0.15, 0.2) is 0 Å². The predicted octanol–water partition coefficient (Wildman–Crippen LogP) is 6.04. The first kappa shape index (κ1) is 13.1. The molecule has 4 heteroatoms. The van der Waals surface area contributed by atoms with Gasteiger partial charge in [-0.25, -0.2) is 0 Å². The van der Waals surface area contributed by atoms with E-state index in [0.29, 0.717) is 15.1 Å². The van der Waals surface area contributed by atoms with Gasteiger partial charge in [-0.2, -0.15) is 0 Å². The molecule has 0 saturated carbocycles. The first-order chi connectivity index (χ1) is 8.13. The minimum absolute atomic E-state index is 0.477. The molecule has 2 aromatic rings. The predicted molar refractivity (Wildman–Crippen MR) is 78.7 cm³/mol. The Morgan fingerprint density at radius 2 is 1.65 bits per heavy atom. The molecule has 0 bridgehead atoms. The maximum Gasteiger partial charge on any atom is 0.0672 e. The summed E-state index contributed by atoms with van der Waals surface area (Å²) >= 11 is 20.0. The van der Waals surface area contributed by atoms with Crippen LogP contribution < -0.4 is 0 Å². The van der Waals surface area contributed by atoms with Gasteiger partial charge in [0.25, 0.3) is 0 Å². The monoisotopic (exact) mass is 302 g/mol. The Morgan fingerprint density at radius 3 is 2.35 bits per heavy atom. The summed E-state index contributed by atoms with van der Waals surface area (Å²) in [6, 6.07) is 11.5. The Kier molecular flexibility index (Phi) is 4.26. The summed E-state index contributed by atoms with van der Waals surface area (Å²) in [4.78, 5) is 1.15. The van der Waals surface area contributed by atoms with E-state index in [-0.39, 0.29) is 0 Å². The molecular formula is C13H9Cl3S. The van der Waals surface area contributed by atoms with E-state index < -0.39 is 0 Å². The van der Waals surface area contributed by atoms with Gasteiger partial charge in [-0.05, 0) is 30.0 Å². The number of thioether (sulfide) groups is 1. The molecule has 0 atom stereocenters. The largest absolute Gasteiger partial charge is 0.129 e. The van der Waals surface area contributed by atoms with E-state index in [1.165, 1.54) is 0 Å². The molecule has 2 rings (SSSR count). The van der Waals surface area contributed by atoms with E-state index in [0.717, 1.165) is 16.0 Å². The lowest BCUT2D eigenvalue weighted by molar-refractivity contribution is 1.45. The number of hydrogen-bond donors (Lipinski definition) is 0. The molecule has 17 heavy (non-hydrogen) atoms. The molecule has 0 fully saturated rings. The zero-order chi connectivity index (χ0) is 12.4. The number of hydrogen-bond acceptors (Lipinski definition) is 1.